The maximum absolute atomic E-state index is 12.4. The van der Waals surface area contributed by atoms with E-state index in [4.69, 9.17) is 5.26 Å². The number of benzene rings is 2. The van der Waals surface area contributed by atoms with Gasteiger partial charge in [0.2, 0.25) is 0 Å². The molecule has 1 N–H and O–H groups in total. The van der Waals surface area contributed by atoms with E-state index in [1.165, 1.54) is 0 Å². The first-order chi connectivity index (χ1) is 11.1. The van der Waals surface area contributed by atoms with Gasteiger partial charge in [0.15, 0.2) is 0 Å². The Balaban J connectivity index is 1.87. The van der Waals surface area contributed by atoms with Gasteiger partial charge in [0.05, 0.1) is 29.0 Å². The summed E-state index contributed by atoms with van der Waals surface area (Å²) >= 11 is 0. The summed E-state index contributed by atoms with van der Waals surface area (Å²) in [4.78, 5) is 16.7. The Morgan fingerprint density at radius 1 is 1.26 bits per heavy atom. The van der Waals surface area contributed by atoms with Crippen molar-refractivity contribution in [1.29, 1.82) is 5.26 Å². The van der Waals surface area contributed by atoms with Crippen molar-refractivity contribution in [3.63, 3.8) is 0 Å². The van der Waals surface area contributed by atoms with Crippen LogP contribution in [0.4, 0.5) is 5.69 Å². The van der Waals surface area contributed by atoms with Crippen molar-refractivity contribution >= 4 is 22.6 Å². The fourth-order valence-electron chi connectivity index (χ4n) is 2.45. The molecule has 114 valence electrons. The van der Waals surface area contributed by atoms with E-state index in [0.717, 1.165) is 11.0 Å². The number of fused-ring (bicyclic) bond motifs is 1. The lowest BCUT2D eigenvalue weighted by Gasteiger charge is -2.08. The second kappa shape index (κ2) is 5.93. The Bertz CT molecular complexity index is 918. The fourth-order valence-corrected chi connectivity index (χ4v) is 2.45. The monoisotopic (exact) mass is 304 g/mol. The van der Waals surface area contributed by atoms with Crippen molar-refractivity contribution in [3.05, 3.63) is 59.9 Å². The number of carbonyl (C=O) groups is 1. The molecule has 0 atom stereocenters. The number of imidazole rings is 1. The van der Waals surface area contributed by atoms with Crippen LogP contribution in [0, 0.1) is 11.3 Å². The van der Waals surface area contributed by atoms with Crippen LogP contribution in [-0.4, -0.2) is 15.5 Å². The summed E-state index contributed by atoms with van der Waals surface area (Å²) in [5, 5.41) is 11.7. The highest BCUT2D eigenvalue weighted by molar-refractivity contribution is 6.06. The summed E-state index contributed by atoms with van der Waals surface area (Å²) in [5.74, 6) is -0.221. The summed E-state index contributed by atoms with van der Waals surface area (Å²) < 4.78 is 2.06. The number of hydrogen-bond acceptors (Lipinski definition) is 3. The molecule has 0 aliphatic heterocycles. The second-order valence-electron chi connectivity index (χ2n) is 5.60. The Kier molecular flexibility index (Phi) is 3.82. The minimum atomic E-state index is -0.221. The maximum Gasteiger partial charge on any atom is 0.255 e. The van der Waals surface area contributed by atoms with E-state index in [2.05, 4.69) is 34.8 Å². The lowest BCUT2D eigenvalue weighted by Crippen LogP contribution is -2.12. The van der Waals surface area contributed by atoms with Gasteiger partial charge in [-0.2, -0.15) is 5.26 Å². The summed E-state index contributed by atoms with van der Waals surface area (Å²) in [5.41, 5.74) is 3.44. The lowest BCUT2D eigenvalue weighted by atomic mass is 10.1. The molecular formula is C18H16N4O. The number of nitrogens with one attached hydrogen (secondary N) is 1. The zero-order valence-corrected chi connectivity index (χ0v) is 12.9. The second-order valence-corrected chi connectivity index (χ2v) is 5.60. The number of rotatable bonds is 3. The largest absolute Gasteiger partial charge is 0.328 e. The van der Waals surface area contributed by atoms with Gasteiger partial charge in [0.25, 0.3) is 5.91 Å². The fraction of sp³-hybridized carbons (Fsp3) is 0.167. The van der Waals surface area contributed by atoms with Gasteiger partial charge < -0.3 is 9.88 Å². The molecule has 1 aromatic heterocycles. The van der Waals surface area contributed by atoms with E-state index < -0.39 is 0 Å². The van der Waals surface area contributed by atoms with Gasteiger partial charge in [-0.15, -0.1) is 0 Å². The van der Waals surface area contributed by atoms with Crippen molar-refractivity contribution < 1.29 is 4.79 Å². The smallest absolute Gasteiger partial charge is 0.255 e. The van der Waals surface area contributed by atoms with E-state index >= 15 is 0 Å². The van der Waals surface area contributed by atoms with Gasteiger partial charge in [0.1, 0.15) is 0 Å². The number of nitrogens with zero attached hydrogens (tertiary/aromatic N) is 3. The molecule has 0 saturated heterocycles. The van der Waals surface area contributed by atoms with Crippen molar-refractivity contribution in [2.24, 2.45) is 0 Å². The van der Waals surface area contributed by atoms with Crippen molar-refractivity contribution in [2.45, 2.75) is 19.9 Å². The van der Waals surface area contributed by atoms with E-state index in [1.54, 1.807) is 42.7 Å². The summed E-state index contributed by atoms with van der Waals surface area (Å²) in [6, 6.07) is 14.7. The minimum Gasteiger partial charge on any atom is -0.328 e. The SMILES string of the molecule is CC(C)n1cnc2cc(C(=O)Nc3cccc(C#N)c3)ccc21. The third-order valence-corrected chi connectivity index (χ3v) is 3.64. The van der Waals surface area contributed by atoms with Crippen molar-refractivity contribution in [1.82, 2.24) is 9.55 Å². The molecular weight excluding hydrogens is 288 g/mol. The first-order valence-corrected chi connectivity index (χ1v) is 7.36. The lowest BCUT2D eigenvalue weighted by molar-refractivity contribution is 0.102. The molecule has 0 aliphatic rings. The van der Waals surface area contributed by atoms with Crippen LogP contribution in [0.15, 0.2) is 48.8 Å². The van der Waals surface area contributed by atoms with Gasteiger partial charge in [-0.05, 0) is 50.2 Å². The third kappa shape index (κ3) is 2.92. The van der Waals surface area contributed by atoms with E-state index in [-0.39, 0.29) is 5.91 Å². The molecule has 0 saturated carbocycles. The van der Waals surface area contributed by atoms with E-state index in [9.17, 15) is 4.79 Å². The number of nitriles is 1. The van der Waals surface area contributed by atoms with Crippen LogP contribution in [0.5, 0.6) is 0 Å². The molecule has 5 nitrogen and oxygen atoms in total. The third-order valence-electron chi connectivity index (χ3n) is 3.64. The molecule has 0 fully saturated rings. The maximum atomic E-state index is 12.4. The highest BCUT2D eigenvalue weighted by Crippen LogP contribution is 2.19. The predicted molar refractivity (Wildman–Crippen MR) is 89.2 cm³/mol. The minimum absolute atomic E-state index is 0.221. The van der Waals surface area contributed by atoms with Gasteiger partial charge in [-0.3, -0.25) is 4.79 Å². The molecule has 2 aromatic carbocycles. The molecule has 1 amide bonds. The zero-order chi connectivity index (χ0) is 16.4. The Morgan fingerprint density at radius 2 is 2.09 bits per heavy atom. The number of carbonyl (C=O) groups excluding carboxylic acids is 1. The van der Waals surface area contributed by atoms with Crippen LogP contribution in [-0.2, 0) is 0 Å². The van der Waals surface area contributed by atoms with Crippen LogP contribution < -0.4 is 5.32 Å². The molecule has 0 unspecified atom stereocenters. The van der Waals surface area contributed by atoms with Gasteiger partial charge >= 0.3 is 0 Å². The van der Waals surface area contributed by atoms with Crippen LogP contribution in [0.3, 0.4) is 0 Å². The molecule has 0 spiro atoms. The highest BCUT2D eigenvalue weighted by atomic mass is 16.1. The summed E-state index contributed by atoms with van der Waals surface area (Å²) in [7, 11) is 0. The van der Waals surface area contributed by atoms with Crippen LogP contribution >= 0.6 is 0 Å². The standard InChI is InChI=1S/C18H16N4O/c1-12(2)22-11-20-16-9-14(6-7-17(16)22)18(23)21-15-5-3-4-13(8-15)10-19/h3-9,11-12H,1-2H3,(H,21,23). The van der Waals surface area contributed by atoms with Gasteiger partial charge in [0, 0.05) is 17.3 Å². The number of amides is 1. The summed E-state index contributed by atoms with van der Waals surface area (Å²) in [6.07, 6.45) is 1.79. The number of anilines is 1. The highest BCUT2D eigenvalue weighted by Gasteiger charge is 2.11. The average molecular weight is 304 g/mol. The molecule has 0 bridgehead atoms. The molecule has 5 heteroatoms. The van der Waals surface area contributed by atoms with Crippen molar-refractivity contribution in [2.75, 3.05) is 5.32 Å². The Labute approximate surface area is 134 Å². The first kappa shape index (κ1) is 14.8. The summed E-state index contributed by atoms with van der Waals surface area (Å²) in [6.45, 7) is 4.17. The normalized spacial score (nSPS) is 10.7. The van der Waals surface area contributed by atoms with Crippen LogP contribution in [0.25, 0.3) is 11.0 Å². The predicted octanol–water partition coefficient (Wildman–Crippen LogP) is 3.74. The van der Waals surface area contributed by atoms with Crippen LogP contribution in [0.1, 0.15) is 35.8 Å². The molecule has 3 aromatic rings. The topological polar surface area (TPSA) is 70.7 Å². The Hall–Kier alpha value is -3.13. The van der Waals surface area contributed by atoms with E-state index in [0.29, 0.717) is 22.9 Å². The molecule has 23 heavy (non-hydrogen) atoms. The number of aromatic nitrogens is 2. The Morgan fingerprint density at radius 3 is 2.83 bits per heavy atom. The average Bonchev–Trinajstić information content (AvgIpc) is 2.98. The quantitative estimate of drug-likeness (QED) is 0.801. The zero-order valence-electron chi connectivity index (χ0n) is 12.9. The van der Waals surface area contributed by atoms with Gasteiger partial charge in [-0.25, -0.2) is 4.98 Å². The number of hydrogen-bond donors (Lipinski definition) is 1. The van der Waals surface area contributed by atoms with Crippen LogP contribution in [0.2, 0.25) is 0 Å². The van der Waals surface area contributed by atoms with Gasteiger partial charge in [-0.1, -0.05) is 6.07 Å². The molecule has 0 radical (unpaired) electrons. The molecule has 3 rings (SSSR count). The molecule has 0 aliphatic carbocycles. The van der Waals surface area contributed by atoms with E-state index in [1.807, 2.05) is 6.07 Å². The first-order valence-electron chi connectivity index (χ1n) is 7.36. The molecule has 1 heterocycles. The van der Waals surface area contributed by atoms with Crippen molar-refractivity contribution in [3.8, 4) is 6.07 Å².